The summed E-state index contributed by atoms with van der Waals surface area (Å²) in [6.45, 7) is 4.77. The normalized spacial score (nSPS) is 18.4. The number of benzene rings is 2. The summed E-state index contributed by atoms with van der Waals surface area (Å²) in [6, 6.07) is 18.9. The highest BCUT2D eigenvalue weighted by Gasteiger charge is 2.30. The number of piperazine rings is 1. The summed E-state index contributed by atoms with van der Waals surface area (Å²) in [7, 11) is 2.08. The lowest BCUT2D eigenvalue weighted by Gasteiger charge is -2.41. The van der Waals surface area contributed by atoms with Crippen LogP contribution in [0.15, 0.2) is 54.6 Å². The van der Waals surface area contributed by atoms with Gasteiger partial charge in [0.25, 0.3) is 0 Å². The molecular formula is C21H24N4O. The van der Waals surface area contributed by atoms with Crippen molar-refractivity contribution < 1.29 is 4.79 Å². The number of aryl methyl sites for hydroxylation is 1. The van der Waals surface area contributed by atoms with Crippen LogP contribution in [0, 0.1) is 0 Å². The summed E-state index contributed by atoms with van der Waals surface area (Å²) in [5, 5.41) is 0. The molecular weight excluding hydrogens is 324 g/mol. The topological polar surface area (TPSA) is 41.4 Å². The maximum atomic E-state index is 11.9. The van der Waals surface area contributed by atoms with Gasteiger partial charge in [-0.05, 0) is 17.7 Å². The fourth-order valence-corrected chi connectivity index (χ4v) is 3.81. The molecule has 0 N–H and O–H groups in total. The number of amides is 1. The molecule has 26 heavy (non-hydrogen) atoms. The number of nitrogens with zero attached hydrogens (tertiary/aromatic N) is 4. The molecule has 1 saturated heterocycles. The molecule has 2 aromatic carbocycles. The number of rotatable bonds is 3. The van der Waals surface area contributed by atoms with Crippen LogP contribution in [0.25, 0.3) is 11.0 Å². The van der Waals surface area contributed by atoms with E-state index in [4.69, 9.17) is 4.98 Å². The monoisotopic (exact) mass is 348 g/mol. The molecule has 0 spiro atoms. The van der Waals surface area contributed by atoms with Crippen molar-refractivity contribution in [1.29, 1.82) is 0 Å². The Kier molecular flexibility index (Phi) is 4.47. The van der Waals surface area contributed by atoms with Crippen molar-refractivity contribution in [2.45, 2.75) is 19.5 Å². The lowest BCUT2D eigenvalue weighted by molar-refractivity contribution is -0.132. The van der Waals surface area contributed by atoms with Gasteiger partial charge in [-0.1, -0.05) is 42.5 Å². The van der Waals surface area contributed by atoms with Gasteiger partial charge in [-0.2, -0.15) is 0 Å². The number of imidazole rings is 1. The van der Waals surface area contributed by atoms with Gasteiger partial charge in [-0.15, -0.1) is 0 Å². The number of carbonyl (C=O) groups excluding carboxylic acids is 1. The van der Waals surface area contributed by atoms with Crippen molar-refractivity contribution in [1.82, 2.24) is 19.4 Å². The minimum Gasteiger partial charge on any atom is -0.340 e. The summed E-state index contributed by atoms with van der Waals surface area (Å²) < 4.78 is 2.18. The van der Waals surface area contributed by atoms with Gasteiger partial charge in [0.2, 0.25) is 5.91 Å². The van der Waals surface area contributed by atoms with E-state index < -0.39 is 0 Å². The number of hydrogen-bond acceptors (Lipinski definition) is 3. The Bertz CT molecular complexity index is 918. The first kappa shape index (κ1) is 16.8. The van der Waals surface area contributed by atoms with Crippen LogP contribution < -0.4 is 0 Å². The fraction of sp³-hybridized carbons (Fsp3) is 0.333. The molecule has 1 fully saturated rings. The van der Waals surface area contributed by atoms with Gasteiger partial charge in [0, 0.05) is 33.6 Å². The zero-order valence-electron chi connectivity index (χ0n) is 15.3. The first-order valence-corrected chi connectivity index (χ1v) is 9.08. The second-order valence-corrected chi connectivity index (χ2v) is 6.94. The van der Waals surface area contributed by atoms with E-state index >= 15 is 0 Å². The minimum atomic E-state index is 0.147. The van der Waals surface area contributed by atoms with Gasteiger partial charge in [0.1, 0.15) is 5.82 Å². The van der Waals surface area contributed by atoms with Crippen molar-refractivity contribution >= 4 is 16.9 Å². The highest BCUT2D eigenvalue weighted by molar-refractivity contribution is 5.75. The quantitative estimate of drug-likeness (QED) is 0.731. The summed E-state index contributed by atoms with van der Waals surface area (Å²) in [5.74, 6) is 1.21. The summed E-state index contributed by atoms with van der Waals surface area (Å²) in [4.78, 5) is 21.1. The molecule has 0 unspecified atom stereocenters. The van der Waals surface area contributed by atoms with Crippen LogP contribution in [0.5, 0.6) is 0 Å². The summed E-state index contributed by atoms with van der Waals surface area (Å²) in [6.07, 6.45) is 0. The van der Waals surface area contributed by atoms with Gasteiger partial charge < -0.3 is 9.47 Å². The van der Waals surface area contributed by atoms with Crippen LogP contribution in [0.4, 0.5) is 0 Å². The lowest BCUT2D eigenvalue weighted by Crippen LogP contribution is -2.49. The van der Waals surface area contributed by atoms with Crippen LogP contribution >= 0.6 is 0 Å². The zero-order valence-corrected chi connectivity index (χ0v) is 15.3. The Morgan fingerprint density at radius 1 is 1.08 bits per heavy atom. The van der Waals surface area contributed by atoms with Gasteiger partial charge >= 0.3 is 0 Å². The molecule has 134 valence electrons. The third-order valence-electron chi connectivity index (χ3n) is 5.35. The highest BCUT2D eigenvalue weighted by Crippen LogP contribution is 2.27. The molecule has 1 aliphatic rings. The van der Waals surface area contributed by atoms with E-state index in [9.17, 15) is 4.79 Å². The molecule has 0 radical (unpaired) electrons. The van der Waals surface area contributed by atoms with Gasteiger partial charge in [-0.25, -0.2) is 4.98 Å². The third kappa shape index (κ3) is 3.10. The third-order valence-corrected chi connectivity index (χ3v) is 5.35. The smallest absolute Gasteiger partial charge is 0.219 e. The van der Waals surface area contributed by atoms with Crippen molar-refractivity contribution in [2.75, 3.05) is 19.6 Å². The van der Waals surface area contributed by atoms with E-state index in [0.29, 0.717) is 0 Å². The minimum absolute atomic E-state index is 0.147. The second kappa shape index (κ2) is 6.92. The molecule has 5 nitrogen and oxygen atoms in total. The van der Waals surface area contributed by atoms with E-state index in [-0.39, 0.29) is 11.9 Å². The second-order valence-electron chi connectivity index (χ2n) is 6.94. The highest BCUT2D eigenvalue weighted by atomic mass is 16.2. The molecule has 1 atom stereocenters. The standard InChI is InChI=1S/C21H24N4O/c1-16(26)24-12-13-25(20(14-24)17-8-4-3-5-9-17)15-21-22-18-10-6-7-11-19(18)23(21)2/h3-11,20H,12-15H2,1-2H3/t20-/m0/s1. The molecule has 3 aromatic rings. The van der Waals surface area contributed by atoms with Crippen molar-refractivity contribution in [3.8, 4) is 0 Å². The van der Waals surface area contributed by atoms with E-state index in [1.54, 1.807) is 6.92 Å². The molecule has 1 aliphatic heterocycles. The molecule has 0 bridgehead atoms. The summed E-state index contributed by atoms with van der Waals surface area (Å²) >= 11 is 0. The Labute approximate surface area is 153 Å². The molecule has 5 heteroatoms. The van der Waals surface area contributed by atoms with E-state index in [0.717, 1.165) is 43.0 Å². The van der Waals surface area contributed by atoms with Crippen molar-refractivity contribution in [2.24, 2.45) is 7.05 Å². The molecule has 1 aromatic heterocycles. The molecule has 1 amide bonds. The fourth-order valence-electron chi connectivity index (χ4n) is 3.81. The number of fused-ring (bicyclic) bond motifs is 1. The Balaban J connectivity index is 1.64. The van der Waals surface area contributed by atoms with Crippen LogP contribution in [0.1, 0.15) is 24.4 Å². The van der Waals surface area contributed by atoms with Gasteiger partial charge in [0.05, 0.1) is 23.6 Å². The average molecular weight is 348 g/mol. The summed E-state index contributed by atoms with van der Waals surface area (Å²) in [5.41, 5.74) is 3.43. The number of para-hydroxylation sites is 2. The van der Waals surface area contributed by atoms with Crippen LogP contribution in [-0.4, -0.2) is 44.9 Å². The van der Waals surface area contributed by atoms with Crippen molar-refractivity contribution in [3.05, 3.63) is 66.0 Å². The molecule has 0 aliphatic carbocycles. The number of hydrogen-bond donors (Lipinski definition) is 0. The molecule has 0 saturated carbocycles. The van der Waals surface area contributed by atoms with Crippen LogP contribution in [-0.2, 0) is 18.4 Å². The Morgan fingerprint density at radius 2 is 1.81 bits per heavy atom. The van der Waals surface area contributed by atoms with Crippen molar-refractivity contribution in [3.63, 3.8) is 0 Å². The van der Waals surface area contributed by atoms with Crippen LogP contribution in [0.3, 0.4) is 0 Å². The number of aromatic nitrogens is 2. The first-order valence-electron chi connectivity index (χ1n) is 9.08. The average Bonchev–Trinajstić information content (AvgIpc) is 2.98. The SMILES string of the molecule is CC(=O)N1CCN(Cc2nc3ccccc3n2C)[C@H](c2ccccc2)C1. The Hall–Kier alpha value is -2.66. The maximum absolute atomic E-state index is 11.9. The van der Waals surface area contributed by atoms with Gasteiger partial charge in [0.15, 0.2) is 0 Å². The predicted molar refractivity (Wildman–Crippen MR) is 103 cm³/mol. The first-order chi connectivity index (χ1) is 12.6. The largest absolute Gasteiger partial charge is 0.340 e. The predicted octanol–water partition coefficient (Wildman–Crippen LogP) is 2.98. The number of carbonyl (C=O) groups is 1. The van der Waals surface area contributed by atoms with E-state index in [1.165, 1.54) is 5.56 Å². The molecule has 4 rings (SSSR count). The molecule has 2 heterocycles. The van der Waals surface area contributed by atoms with Gasteiger partial charge in [-0.3, -0.25) is 9.69 Å². The Morgan fingerprint density at radius 3 is 2.54 bits per heavy atom. The van der Waals surface area contributed by atoms with Crippen LogP contribution in [0.2, 0.25) is 0 Å². The van der Waals surface area contributed by atoms with E-state index in [2.05, 4.69) is 52.9 Å². The lowest BCUT2D eigenvalue weighted by atomic mass is 10.0. The maximum Gasteiger partial charge on any atom is 0.219 e. The zero-order chi connectivity index (χ0) is 18.1. The van der Waals surface area contributed by atoms with E-state index in [1.807, 2.05) is 23.1 Å².